The van der Waals surface area contributed by atoms with E-state index < -0.39 is 5.97 Å². The summed E-state index contributed by atoms with van der Waals surface area (Å²) in [7, 11) is 0. The monoisotopic (exact) mass is 278 g/mol. The first-order valence-corrected chi connectivity index (χ1v) is 5.86. The van der Waals surface area contributed by atoms with Crippen LogP contribution in [0.2, 0.25) is 5.02 Å². The summed E-state index contributed by atoms with van der Waals surface area (Å²) in [5, 5.41) is 9.45. The molecule has 1 aromatic carbocycles. The molecule has 1 heterocycles. The van der Waals surface area contributed by atoms with E-state index in [-0.39, 0.29) is 11.7 Å². The fourth-order valence-corrected chi connectivity index (χ4v) is 1.64. The van der Waals surface area contributed by atoms with Gasteiger partial charge >= 0.3 is 12.0 Å². The highest BCUT2D eigenvalue weighted by Crippen LogP contribution is 2.26. The van der Waals surface area contributed by atoms with Crippen LogP contribution in [0.4, 0.5) is 0 Å². The number of carbonyl (C=O) groups is 1. The maximum atomic E-state index is 10.9. The molecule has 5 nitrogen and oxygen atoms in total. The molecule has 0 fully saturated rings. The summed E-state index contributed by atoms with van der Waals surface area (Å²) in [6.07, 6.45) is 0. The molecule has 0 radical (unpaired) electrons. The predicted molar refractivity (Wildman–Crippen MR) is 70.0 cm³/mol. The second-order valence-electron chi connectivity index (χ2n) is 3.99. The van der Waals surface area contributed by atoms with Gasteiger partial charge in [-0.05, 0) is 37.6 Å². The Morgan fingerprint density at radius 1 is 1.26 bits per heavy atom. The number of carboxylic acid groups (broad SMARTS) is 1. The van der Waals surface area contributed by atoms with Crippen LogP contribution < -0.4 is 4.74 Å². The van der Waals surface area contributed by atoms with Gasteiger partial charge in [0.2, 0.25) is 0 Å². The lowest BCUT2D eigenvalue weighted by molar-refractivity contribution is 0.0689. The van der Waals surface area contributed by atoms with E-state index in [1.807, 2.05) is 6.92 Å². The van der Waals surface area contributed by atoms with Crippen LogP contribution in [-0.4, -0.2) is 21.0 Å². The average Bonchev–Trinajstić information content (AvgIpc) is 2.33. The maximum absolute atomic E-state index is 10.9. The summed E-state index contributed by atoms with van der Waals surface area (Å²) < 4.78 is 5.49. The first kappa shape index (κ1) is 13.3. The van der Waals surface area contributed by atoms with Gasteiger partial charge < -0.3 is 9.84 Å². The second kappa shape index (κ2) is 5.24. The van der Waals surface area contributed by atoms with Crippen LogP contribution in [0.1, 0.15) is 21.7 Å². The number of hydrogen-bond acceptors (Lipinski definition) is 4. The average molecular weight is 279 g/mol. The van der Waals surface area contributed by atoms with Gasteiger partial charge in [-0.25, -0.2) is 9.78 Å². The summed E-state index contributed by atoms with van der Waals surface area (Å²) in [5.41, 5.74) is 1.26. The van der Waals surface area contributed by atoms with Gasteiger partial charge in [-0.15, -0.1) is 0 Å². The molecule has 0 aliphatic heterocycles. The number of aromatic nitrogens is 2. The molecule has 0 aliphatic carbocycles. The Labute approximate surface area is 114 Å². The van der Waals surface area contributed by atoms with Crippen LogP contribution in [0.25, 0.3) is 0 Å². The molecule has 2 rings (SSSR count). The summed E-state index contributed by atoms with van der Waals surface area (Å²) in [6.45, 7) is 3.52. The van der Waals surface area contributed by atoms with Crippen LogP contribution in [-0.2, 0) is 0 Å². The molecule has 1 N–H and O–H groups in total. The molecule has 0 saturated heterocycles. The van der Waals surface area contributed by atoms with Crippen LogP contribution in [0.15, 0.2) is 24.3 Å². The molecule has 1 aromatic heterocycles. The number of halogens is 1. The van der Waals surface area contributed by atoms with Crippen molar-refractivity contribution in [2.75, 3.05) is 0 Å². The van der Waals surface area contributed by atoms with Crippen molar-refractivity contribution in [2.45, 2.75) is 13.8 Å². The third-order valence-electron chi connectivity index (χ3n) is 2.40. The maximum Gasteiger partial charge on any atom is 0.354 e. The Morgan fingerprint density at radius 2 is 2.00 bits per heavy atom. The minimum Gasteiger partial charge on any atom is -0.477 e. The molecule has 6 heteroatoms. The van der Waals surface area contributed by atoms with Crippen molar-refractivity contribution in [2.24, 2.45) is 0 Å². The highest BCUT2D eigenvalue weighted by atomic mass is 35.5. The molecule has 0 amide bonds. The van der Waals surface area contributed by atoms with E-state index in [0.717, 1.165) is 5.56 Å². The Kier molecular flexibility index (Phi) is 3.66. The quantitative estimate of drug-likeness (QED) is 0.933. The number of ether oxygens (including phenoxy) is 1. The fourth-order valence-electron chi connectivity index (χ4n) is 1.48. The summed E-state index contributed by atoms with van der Waals surface area (Å²) in [5.74, 6) is -0.632. The van der Waals surface area contributed by atoms with Crippen molar-refractivity contribution >= 4 is 17.6 Å². The Balaban J connectivity index is 2.38. The van der Waals surface area contributed by atoms with Gasteiger partial charge in [0, 0.05) is 10.7 Å². The number of hydrogen-bond donors (Lipinski definition) is 1. The van der Waals surface area contributed by atoms with Gasteiger partial charge in [-0.1, -0.05) is 17.7 Å². The van der Waals surface area contributed by atoms with Gasteiger partial charge in [0.1, 0.15) is 5.75 Å². The molecule has 0 atom stereocenters. The zero-order chi connectivity index (χ0) is 14.0. The molecule has 0 unspecified atom stereocenters. The van der Waals surface area contributed by atoms with E-state index in [9.17, 15) is 4.79 Å². The molecule has 0 saturated carbocycles. The Morgan fingerprint density at radius 3 is 2.68 bits per heavy atom. The smallest absolute Gasteiger partial charge is 0.354 e. The van der Waals surface area contributed by atoms with Crippen LogP contribution in [0.5, 0.6) is 11.8 Å². The standard InChI is InChI=1S/C13H11ClN2O3/c1-7-3-4-9(14)6-11(7)19-13-15-8(2)5-10(16-13)12(17)18/h3-6H,1-2H3,(H,17,18). The highest BCUT2D eigenvalue weighted by molar-refractivity contribution is 6.30. The van der Waals surface area contributed by atoms with E-state index in [2.05, 4.69) is 9.97 Å². The SMILES string of the molecule is Cc1cc(C(=O)O)nc(Oc2cc(Cl)ccc2C)n1. The molecule has 0 aliphatic rings. The van der Waals surface area contributed by atoms with Crippen molar-refractivity contribution in [1.82, 2.24) is 9.97 Å². The zero-order valence-corrected chi connectivity index (χ0v) is 11.1. The lowest BCUT2D eigenvalue weighted by atomic mass is 10.2. The van der Waals surface area contributed by atoms with Gasteiger partial charge in [-0.2, -0.15) is 4.98 Å². The summed E-state index contributed by atoms with van der Waals surface area (Å²) in [4.78, 5) is 18.8. The number of benzene rings is 1. The zero-order valence-electron chi connectivity index (χ0n) is 10.3. The largest absolute Gasteiger partial charge is 0.477 e. The normalized spacial score (nSPS) is 10.3. The lowest BCUT2D eigenvalue weighted by Gasteiger charge is -2.08. The van der Waals surface area contributed by atoms with Crippen molar-refractivity contribution in [3.8, 4) is 11.8 Å². The minimum absolute atomic E-state index is 0.0113. The Hall–Kier alpha value is -2.14. The van der Waals surface area contributed by atoms with E-state index in [0.29, 0.717) is 16.5 Å². The van der Waals surface area contributed by atoms with E-state index in [4.69, 9.17) is 21.4 Å². The minimum atomic E-state index is -1.13. The molecule has 0 bridgehead atoms. The first-order chi connectivity index (χ1) is 8.95. The number of aromatic carboxylic acids is 1. The van der Waals surface area contributed by atoms with E-state index >= 15 is 0 Å². The molecule has 98 valence electrons. The Bertz CT molecular complexity index is 644. The second-order valence-corrected chi connectivity index (χ2v) is 4.43. The third kappa shape index (κ3) is 3.20. The summed E-state index contributed by atoms with van der Waals surface area (Å²) >= 11 is 5.88. The van der Waals surface area contributed by atoms with Crippen LogP contribution >= 0.6 is 11.6 Å². The molecule has 2 aromatic rings. The lowest BCUT2D eigenvalue weighted by Crippen LogP contribution is -2.04. The number of carboxylic acids is 1. The molecular weight excluding hydrogens is 268 g/mol. The topological polar surface area (TPSA) is 72.3 Å². The molecule has 0 spiro atoms. The van der Waals surface area contributed by atoms with E-state index in [1.165, 1.54) is 6.07 Å². The van der Waals surface area contributed by atoms with Gasteiger partial charge in [-0.3, -0.25) is 0 Å². The van der Waals surface area contributed by atoms with Crippen molar-refractivity contribution < 1.29 is 14.6 Å². The fraction of sp³-hybridized carbons (Fsp3) is 0.154. The first-order valence-electron chi connectivity index (χ1n) is 5.48. The van der Waals surface area contributed by atoms with Crippen molar-refractivity contribution in [3.63, 3.8) is 0 Å². The number of aryl methyl sites for hydroxylation is 2. The van der Waals surface area contributed by atoms with Gasteiger partial charge in [0.15, 0.2) is 5.69 Å². The number of nitrogens with zero attached hydrogens (tertiary/aromatic N) is 2. The third-order valence-corrected chi connectivity index (χ3v) is 2.64. The highest BCUT2D eigenvalue weighted by Gasteiger charge is 2.11. The van der Waals surface area contributed by atoms with Crippen molar-refractivity contribution in [1.29, 1.82) is 0 Å². The predicted octanol–water partition coefficient (Wildman–Crippen LogP) is 3.24. The summed E-state index contributed by atoms with van der Waals surface area (Å²) in [6, 6.07) is 6.53. The molecule has 19 heavy (non-hydrogen) atoms. The van der Waals surface area contributed by atoms with Crippen molar-refractivity contribution in [3.05, 3.63) is 46.2 Å². The number of rotatable bonds is 3. The molecular formula is C13H11ClN2O3. The van der Waals surface area contributed by atoms with Gasteiger partial charge in [0.25, 0.3) is 0 Å². The van der Waals surface area contributed by atoms with Crippen LogP contribution in [0.3, 0.4) is 0 Å². The van der Waals surface area contributed by atoms with Crippen LogP contribution in [0, 0.1) is 13.8 Å². The van der Waals surface area contributed by atoms with E-state index in [1.54, 1.807) is 25.1 Å². The van der Waals surface area contributed by atoms with Gasteiger partial charge in [0.05, 0.1) is 0 Å².